The number of ketones is 1. The largest absolute Gasteiger partial charge is 0.458 e. The molecule has 2 spiro atoms. The molecule has 0 aromatic rings. The topological polar surface area (TPSA) is 157 Å². The van der Waals surface area contributed by atoms with Crippen molar-refractivity contribution in [3.63, 3.8) is 0 Å². The normalized spacial score (nSPS) is 61.2. The molecule has 0 aromatic heterocycles. The van der Waals surface area contributed by atoms with E-state index < -0.39 is 74.8 Å². The Labute approximate surface area is 253 Å². The standard InChI is InChI=1S/C31H39NO10S/c1-14-11-29(32-6-7-43-29)31(37)25(39-14)40-18-9-16-10-20-30(42-20)23(26(16,2)12-19(18)41-31)22(34)24(35)27(3)17(4-5-28(27,30)36)15-8-21(33)38-13-15/h6,8,14,16-20,22-23,25,34,36-37H,4-5,7,9-13H2,1-3H3/t14-,16-,17-,18-,19-,20-,22+,23-,25+,26+,27+,28-,29?,30+,31-/m1/s1. The summed E-state index contributed by atoms with van der Waals surface area (Å²) in [5.41, 5.74) is -3.91. The first-order valence-electron chi connectivity index (χ1n) is 15.7. The second-order valence-corrected chi connectivity index (χ2v) is 16.3. The summed E-state index contributed by atoms with van der Waals surface area (Å²) in [5.74, 6) is -3.06. The Morgan fingerprint density at radius 2 is 1.88 bits per heavy atom. The van der Waals surface area contributed by atoms with Crippen molar-refractivity contribution >= 4 is 29.7 Å². The van der Waals surface area contributed by atoms with Crippen molar-refractivity contribution in [2.24, 2.45) is 33.6 Å². The molecule has 3 N–H and O–H groups in total. The van der Waals surface area contributed by atoms with E-state index in [1.54, 1.807) is 13.1 Å². The number of fused-ring (bicyclic) bond motifs is 6. The van der Waals surface area contributed by atoms with Crippen molar-refractivity contribution in [2.75, 3.05) is 12.4 Å². The lowest BCUT2D eigenvalue weighted by molar-refractivity contribution is -0.446. The van der Waals surface area contributed by atoms with Crippen molar-refractivity contribution in [2.45, 2.75) is 118 Å². The lowest BCUT2D eigenvalue weighted by Crippen LogP contribution is -2.77. The zero-order valence-corrected chi connectivity index (χ0v) is 25.4. The van der Waals surface area contributed by atoms with Gasteiger partial charge < -0.3 is 39.0 Å². The van der Waals surface area contributed by atoms with E-state index in [0.717, 1.165) is 0 Å². The van der Waals surface area contributed by atoms with Gasteiger partial charge in [-0.25, -0.2) is 4.79 Å². The first kappa shape index (κ1) is 27.9. The molecule has 0 aromatic carbocycles. The van der Waals surface area contributed by atoms with Crippen LogP contribution in [0.15, 0.2) is 16.6 Å². The van der Waals surface area contributed by atoms with Gasteiger partial charge in [0, 0.05) is 30.4 Å². The lowest BCUT2D eigenvalue weighted by Gasteiger charge is -2.65. The minimum Gasteiger partial charge on any atom is -0.458 e. The number of aliphatic hydroxyl groups excluding tert-OH is 1. The molecule has 7 fully saturated rings. The number of esters is 1. The third-order valence-corrected chi connectivity index (χ3v) is 14.6. The number of epoxide rings is 1. The van der Waals surface area contributed by atoms with Crippen LogP contribution in [-0.2, 0) is 33.3 Å². The van der Waals surface area contributed by atoms with E-state index >= 15 is 0 Å². The van der Waals surface area contributed by atoms with Gasteiger partial charge in [0.1, 0.15) is 23.9 Å². The van der Waals surface area contributed by atoms with Gasteiger partial charge in [-0.3, -0.25) is 9.79 Å². The van der Waals surface area contributed by atoms with Gasteiger partial charge >= 0.3 is 5.97 Å². The SMILES string of the molecule is C[C@@H]1CC2(N=CCS2)[C@]2(O)O[C@@H]3C[C@@]4(C)[C@H](C[C@H]3O[C@@H]2O1)C[C@H]1O[C@]12[C@@H]4[C@H](O)C(=O)[C@]1(C)[C@@H](C3=CC(=O)OC3)CC[C@]21O. The van der Waals surface area contributed by atoms with Crippen LogP contribution >= 0.6 is 11.8 Å². The van der Waals surface area contributed by atoms with Gasteiger partial charge in [0.2, 0.25) is 6.29 Å². The number of hydrogen-bond donors (Lipinski definition) is 3. The summed E-state index contributed by atoms with van der Waals surface area (Å²) in [6.45, 7) is 5.87. The predicted octanol–water partition coefficient (Wildman–Crippen LogP) is 1.26. The number of thioether (sulfide) groups is 1. The van der Waals surface area contributed by atoms with Gasteiger partial charge in [0.15, 0.2) is 10.7 Å². The molecule has 43 heavy (non-hydrogen) atoms. The Hall–Kier alpha value is -1.38. The average molecular weight is 618 g/mol. The Kier molecular flexibility index (Phi) is 5.39. The molecule has 4 aliphatic carbocycles. The van der Waals surface area contributed by atoms with Crippen molar-refractivity contribution < 1.29 is 48.6 Å². The average Bonchev–Trinajstić information content (AvgIpc) is 3.21. The first-order chi connectivity index (χ1) is 20.3. The van der Waals surface area contributed by atoms with Gasteiger partial charge in [-0.05, 0) is 68.8 Å². The summed E-state index contributed by atoms with van der Waals surface area (Å²) in [7, 11) is 0. The van der Waals surface area contributed by atoms with Crippen molar-refractivity contribution in [3.05, 3.63) is 11.6 Å². The second kappa shape index (κ2) is 8.31. The second-order valence-electron chi connectivity index (χ2n) is 15.0. The Morgan fingerprint density at radius 1 is 1.07 bits per heavy atom. The molecule has 5 heterocycles. The fourth-order valence-electron chi connectivity index (χ4n) is 11.3. The van der Waals surface area contributed by atoms with E-state index in [0.29, 0.717) is 49.9 Å². The number of rotatable bonds is 1. The molecule has 5 aliphatic heterocycles. The van der Waals surface area contributed by atoms with Gasteiger partial charge in [-0.15, -0.1) is 11.8 Å². The van der Waals surface area contributed by atoms with Crippen LogP contribution in [0.4, 0.5) is 0 Å². The zero-order chi connectivity index (χ0) is 29.9. The summed E-state index contributed by atoms with van der Waals surface area (Å²) in [5, 5.41) is 36.8. The van der Waals surface area contributed by atoms with E-state index in [2.05, 4.69) is 6.92 Å². The Bertz CT molecular complexity index is 1390. The summed E-state index contributed by atoms with van der Waals surface area (Å²) in [6, 6.07) is 0. The monoisotopic (exact) mass is 617 g/mol. The maximum Gasteiger partial charge on any atom is 0.331 e. The number of nitrogens with zero attached hydrogens (tertiary/aromatic N) is 1. The fourth-order valence-corrected chi connectivity index (χ4v) is 12.6. The molecule has 4 saturated carbocycles. The number of cyclic esters (lactones) is 1. The van der Waals surface area contributed by atoms with Gasteiger partial charge in [0.05, 0.1) is 29.8 Å². The van der Waals surface area contributed by atoms with E-state index in [1.807, 2.05) is 6.92 Å². The molecule has 11 nitrogen and oxygen atoms in total. The molecule has 234 valence electrons. The van der Waals surface area contributed by atoms with E-state index in [-0.39, 0.29) is 30.8 Å². The van der Waals surface area contributed by atoms with Crippen molar-refractivity contribution in [1.82, 2.24) is 0 Å². The molecule has 0 amide bonds. The zero-order valence-electron chi connectivity index (χ0n) is 24.6. The highest BCUT2D eigenvalue weighted by Gasteiger charge is 2.89. The number of carbonyl (C=O) groups is 2. The molecule has 15 atom stereocenters. The number of carbonyl (C=O) groups excluding carboxylic acids is 2. The molecule has 12 heteroatoms. The van der Waals surface area contributed by atoms with E-state index in [9.17, 15) is 24.9 Å². The molecule has 1 unspecified atom stereocenters. The smallest absolute Gasteiger partial charge is 0.331 e. The lowest BCUT2D eigenvalue weighted by atomic mass is 9.41. The molecule has 9 rings (SSSR count). The first-order valence-corrected chi connectivity index (χ1v) is 16.7. The summed E-state index contributed by atoms with van der Waals surface area (Å²) in [4.78, 5) is 30.1. The maximum atomic E-state index is 14.4. The predicted molar refractivity (Wildman–Crippen MR) is 150 cm³/mol. The molecule has 0 radical (unpaired) electrons. The third kappa shape index (κ3) is 3.02. The Balaban J connectivity index is 1.08. The molecular weight excluding hydrogens is 578 g/mol. The quantitative estimate of drug-likeness (QED) is 0.221. The van der Waals surface area contributed by atoms with Crippen LogP contribution < -0.4 is 0 Å². The van der Waals surface area contributed by atoms with Crippen LogP contribution in [0.1, 0.15) is 59.3 Å². The van der Waals surface area contributed by atoms with Crippen LogP contribution in [0.5, 0.6) is 0 Å². The highest BCUT2D eigenvalue weighted by atomic mass is 32.2. The fraction of sp³-hybridized carbons (Fsp3) is 0.839. The minimum absolute atomic E-state index is 0.0270. The van der Waals surface area contributed by atoms with Crippen LogP contribution in [-0.4, -0.2) is 104 Å². The van der Waals surface area contributed by atoms with Crippen LogP contribution in [0.25, 0.3) is 0 Å². The number of Topliss-reactive ketones (excluding diaryl/α,β-unsaturated/α-hetero) is 1. The summed E-state index contributed by atoms with van der Waals surface area (Å²) >= 11 is 1.53. The third-order valence-electron chi connectivity index (χ3n) is 13.3. The summed E-state index contributed by atoms with van der Waals surface area (Å²) in [6.07, 6.45) is 2.48. The number of aliphatic hydroxyl groups is 3. The highest BCUT2D eigenvalue weighted by molar-refractivity contribution is 8.01. The minimum atomic E-state index is -1.79. The van der Waals surface area contributed by atoms with Gasteiger partial charge in [-0.1, -0.05) is 6.92 Å². The molecular formula is C31H39NO10S. The number of aliphatic imine (C=N–C) groups is 1. The highest BCUT2D eigenvalue weighted by Crippen LogP contribution is 2.77. The number of ether oxygens (including phenoxy) is 5. The molecule has 3 saturated heterocycles. The van der Waals surface area contributed by atoms with E-state index in [1.165, 1.54) is 17.8 Å². The van der Waals surface area contributed by atoms with Gasteiger partial charge in [0.25, 0.3) is 5.79 Å². The number of hydrogen-bond acceptors (Lipinski definition) is 12. The van der Waals surface area contributed by atoms with E-state index in [4.69, 9.17) is 28.7 Å². The molecule has 0 bridgehead atoms. The van der Waals surface area contributed by atoms with Crippen LogP contribution in [0.2, 0.25) is 0 Å². The van der Waals surface area contributed by atoms with Crippen LogP contribution in [0, 0.1) is 28.6 Å². The van der Waals surface area contributed by atoms with Crippen LogP contribution in [0.3, 0.4) is 0 Å². The maximum absolute atomic E-state index is 14.4. The molecule has 9 aliphatic rings. The summed E-state index contributed by atoms with van der Waals surface area (Å²) < 4.78 is 31.0. The van der Waals surface area contributed by atoms with Crippen molar-refractivity contribution in [3.8, 4) is 0 Å². The van der Waals surface area contributed by atoms with Crippen molar-refractivity contribution in [1.29, 1.82) is 0 Å². The van der Waals surface area contributed by atoms with Gasteiger partial charge in [-0.2, -0.15) is 0 Å². The Morgan fingerprint density at radius 3 is 2.60 bits per heavy atom.